The molecule has 1 heterocycles. The number of benzene rings is 1. The van der Waals surface area contributed by atoms with Crippen LogP contribution in [0.1, 0.15) is 16.4 Å². The van der Waals surface area contributed by atoms with E-state index in [1.807, 2.05) is 30.3 Å². The van der Waals surface area contributed by atoms with Crippen LogP contribution in [-0.4, -0.2) is 24.1 Å². The van der Waals surface area contributed by atoms with Gasteiger partial charge in [0.15, 0.2) is 0 Å². The lowest BCUT2D eigenvalue weighted by Gasteiger charge is -2.16. The number of rotatable bonds is 7. The van der Waals surface area contributed by atoms with E-state index in [0.717, 1.165) is 18.5 Å². The van der Waals surface area contributed by atoms with Gasteiger partial charge in [-0.1, -0.05) is 41.6 Å². The summed E-state index contributed by atoms with van der Waals surface area (Å²) in [4.78, 5) is 1.36. The highest BCUT2D eigenvalue weighted by molar-refractivity contribution is 7.09. The Hall–Kier alpha value is -1.85. The van der Waals surface area contributed by atoms with Crippen LogP contribution in [0.4, 0.5) is 0 Å². The van der Waals surface area contributed by atoms with Crippen LogP contribution in [0.25, 0.3) is 0 Å². The zero-order valence-electron chi connectivity index (χ0n) is 11.2. The van der Waals surface area contributed by atoms with Gasteiger partial charge in [-0.3, -0.25) is 0 Å². The molecule has 1 aromatic carbocycles. The fraction of sp³-hybridized carbons (Fsp3) is 0.267. The number of hydrogen-bond acceptors (Lipinski definition) is 4. The summed E-state index contributed by atoms with van der Waals surface area (Å²) in [6.07, 6.45) is 0.995. The van der Waals surface area contributed by atoms with Crippen LogP contribution in [0.15, 0.2) is 53.0 Å². The van der Waals surface area contributed by atoms with Crippen molar-refractivity contribution in [2.24, 2.45) is 10.9 Å². The fourth-order valence-corrected chi connectivity index (χ4v) is 2.77. The third-order valence-electron chi connectivity index (χ3n) is 3.15. The van der Waals surface area contributed by atoms with Crippen LogP contribution in [0, 0.1) is 0 Å². The molecule has 0 aliphatic carbocycles. The summed E-state index contributed by atoms with van der Waals surface area (Å²) in [6, 6.07) is 14.0. The van der Waals surface area contributed by atoms with Gasteiger partial charge in [-0.15, -0.1) is 11.3 Å². The molecule has 20 heavy (non-hydrogen) atoms. The van der Waals surface area contributed by atoms with Crippen molar-refractivity contribution in [1.82, 2.24) is 5.32 Å². The predicted molar refractivity (Wildman–Crippen MR) is 83.5 cm³/mol. The van der Waals surface area contributed by atoms with E-state index < -0.39 is 0 Å². The topological polar surface area (TPSA) is 70.6 Å². The molecule has 4 N–H and O–H groups in total. The van der Waals surface area contributed by atoms with E-state index in [0.29, 0.717) is 6.54 Å². The van der Waals surface area contributed by atoms with Crippen LogP contribution in [0.3, 0.4) is 0 Å². The summed E-state index contributed by atoms with van der Waals surface area (Å²) in [5, 5.41) is 17.5. The molecule has 0 saturated carbocycles. The van der Waals surface area contributed by atoms with Gasteiger partial charge in [0, 0.05) is 11.4 Å². The maximum absolute atomic E-state index is 8.91. The minimum absolute atomic E-state index is 0.107. The quantitative estimate of drug-likeness (QED) is 0.241. The van der Waals surface area contributed by atoms with Crippen molar-refractivity contribution in [3.63, 3.8) is 0 Å². The van der Waals surface area contributed by atoms with Crippen LogP contribution >= 0.6 is 11.3 Å². The monoisotopic (exact) mass is 289 g/mol. The van der Waals surface area contributed by atoms with Gasteiger partial charge >= 0.3 is 0 Å². The molecule has 1 aromatic heterocycles. The molecule has 0 bridgehead atoms. The van der Waals surface area contributed by atoms with Crippen molar-refractivity contribution >= 4 is 17.2 Å². The summed E-state index contributed by atoms with van der Waals surface area (Å²) in [7, 11) is 0. The molecular formula is C15H19N3OS. The van der Waals surface area contributed by atoms with Gasteiger partial charge in [0.05, 0.1) is 5.92 Å². The Morgan fingerprint density at radius 1 is 1.25 bits per heavy atom. The van der Waals surface area contributed by atoms with Crippen LogP contribution in [0.5, 0.6) is 0 Å². The number of hydrogen-bond donors (Lipinski definition) is 3. The first-order valence-corrected chi connectivity index (χ1v) is 7.44. The third kappa shape index (κ3) is 4.08. The molecule has 106 valence electrons. The molecule has 0 radical (unpaired) electrons. The number of nitrogens with two attached hydrogens (primary N) is 1. The molecule has 0 spiro atoms. The first kappa shape index (κ1) is 14.6. The van der Waals surface area contributed by atoms with Crippen molar-refractivity contribution in [3.8, 4) is 0 Å². The summed E-state index contributed by atoms with van der Waals surface area (Å²) in [5.41, 5.74) is 6.84. The molecule has 4 nitrogen and oxygen atoms in total. The van der Waals surface area contributed by atoms with E-state index >= 15 is 0 Å². The molecule has 0 fully saturated rings. The number of amidine groups is 1. The van der Waals surface area contributed by atoms with E-state index in [1.54, 1.807) is 11.3 Å². The van der Waals surface area contributed by atoms with Crippen molar-refractivity contribution in [1.29, 1.82) is 0 Å². The maximum Gasteiger partial charge on any atom is 0.147 e. The normalized spacial score (nSPS) is 13.3. The Kier molecular flexibility index (Phi) is 5.58. The average molecular weight is 289 g/mol. The maximum atomic E-state index is 8.91. The Bertz CT molecular complexity index is 525. The van der Waals surface area contributed by atoms with E-state index in [-0.39, 0.29) is 11.8 Å². The number of thiophene rings is 1. The molecule has 0 aliphatic rings. The lowest BCUT2D eigenvalue weighted by atomic mass is 9.98. The smallest absolute Gasteiger partial charge is 0.147 e. The van der Waals surface area contributed by atoms with Crippen LogP contribution in [0.2, 0.25) is 0 Å². The van der Waals surface area contributed by atoms with E-state index in [2.05, 4.69) is 28.0 Å². The minimum atomic E-state index is -0.107. The Labute approximate surface area is 122 Å². The molecule has 1 atom stereocenters. The summed E-state index contributed by atoms with van der Waals surface area (Å²) in [5.74, 6) is 0.129. The second-order valence-electron chi connectivity index (χ2n) is 4.52. The highest BCUT2D eigenvalue weighted by Crippen LogP contribution is 2.15. The zero-order valence-corrected chi connectivity index (χ0v) is 12.0. The van der Waals surface area contributed by atoms with Crippen molar-refractivity contribution < 1.29 is 5.21 Å². The van der Waals surface area contributed by atoms with Gasteiger partial charge in [-0.2, -0.15) is 0 Å². The minimum Gasteiger partial charge on any atom is -0.409 e. The third-order valence-corrected chi connectivity index (χ3v) is 4.09. The fourth-order valence-electron chi connectivity index (χ4n) is 2.06. The van der Waals surface area contributed by atoms with Crippen molar-refractivity contribution in [2.75, 3.05) is 13.1 Å². The molecule has 1 unspecified atom stereocenters. The average Bonchev–Trinajstić information content (AvgIpc) is 3.01. The molecule has 0 aliphatic heterocycles. The van der Waals surface area contributed by atoms with Gasteiger partial charge in [0.2, 0.25) is 0 Å². The van der Waals surface area contributed by atoms with E-state index in [4.69, 9.17) is 10.9 Å². The number of oxime groups is 1. The highest BCUT2D eigenvalue weighted by atomic mass is 32.1. The van der Waals surface area contributed by atoms with E-state index in [9.17, 15) is 0 Å². The second kappa shape index (κ2) is 7.67. The van der Waals surface area contributed by atoms with Crippen LogP contribution in [-0.2, 0) is 6.42 Å². The van der Waals surface area contributed by atoms with Crippen molar-refractivity contribution in [3.05, 3.63) is 58.3 Å². The van der Waals surface area contributed by atoms with Gasteiger partial charge in [0.25, 0.3) is 0 Å². The first-order valence-electron chi connectivity index (χ1n) is 6.56. The highest BCUT2D eigenvalue weighted by Gasteiger charge is 2.15. The van der Waals surface area contributed by atoms with E-state index in [1.165, 1.54) is 4.88 Å². The standard InChI is InChI=1S/C15H19N3OS/c16-15(18-19)14(12-5-2-1-3-6-12)11-17-9-8-13-7-4-10-20-13/h1-7,10,14,17,19H,8-9,11H2,(H2,16,18). The summed E-state index contributed by atoms with van der Waals surface area (Å²) in [6.45, 7) is 1.54. The molecule has 0 amide bonds. The molecular weight excluding hydrogens is 270 g/mol. The predicted octanol–water partition coefficient (Wildman–Crippen LogP) is 2.41. The molecule has 0 saturated heterocycles. The molecule has 5 heteroatoms. The van der Waals surface area contributed by atoms with Gasteiger partial charge < -0.3 is 16.3 Å². The second-order valence-corrected chi connectivity index (χ2v) is 5.55. The lowest BCUT2D eigenvalue weighted by Crippen LogP contribution is -2.32. The lowest BCUT2D eigenvalue weighted by molar-refractivity contribution is 0.315. The van der Waals surface area contributed by atoms with Crippen LogP contribution < -0.4 is 11.1 Å². The van der Waals surface area contributed by atoms with Crippen molar-refractivity contribution in [2.45, 2.75) is 12.3 Å². The summed E-state index contributed by atoms with van der Waals surface area (Å²) < 4.78 is 0. The van der Waals surface area contributed by atoms with Gasteiger partial charge in [-0.05, 0) is 30.0 Å². The van der Waals surface area contributed by atoms with Gasteiger partial charge in [-0.25, -0.2) is 0 Å². The summed E-state index contributed by atoms with van der Waals surface area (Å²) >= 11 is 1.76. The Morgan fingerprint density at radius 3 is 2.70 bits per heavy atom. The first-order chi connectivity index (χ1) is 9.81. The zero-order chi connectivity index (χ0) is 14.2. The number of nitrogens with one attached hydrogen (secondary N) is 1. The SMILES string of the molecule is NC(=NO)C(CNCCc1cccs1)c1ccccc1. The largest absolute Gasteiger partial charge is 0.409 e. The number of nitrogens with zero attached hydrogens (tertiary/aromatic N) is 1. The van der Waals surface area contributed by atoms with Gasteiger partial charge in [0.1, 0.15) is 5.84 Å². The Balaban J connectivity index is 1.89. The molecule has 2 rings (SSSR count). The Morgan fingerprint density at radius 2 is 2.05 bits per heavy atom. The molecule has 2 aromatic rings.